The number of hydrogen-bond donors (Lipinski definition) is 1. The number of amides is 2. The SMILES string of the molecule is C=C1CC(CNC(=O)C2CN(C(=O)OC(C)(C)C)C2)C1. The van der Waals surface area contributed by atoms with Crippen molar-refractivity contribution < 1.29 is 14.3 Å². The first kappa shape index (κ1) is 14.9. The first-order chi connectivity index (χ1) is 9.24. The Bertz CT molecular complexity index is 411. The summed E-state index contributed by atoms with van der Waals surface area (Å²) in [7, 11) is 0. The van der Waals surface area contributed by atoms with Gasteiger partial charge in [-0.3, -0.25) is 4.79 Å². The third kappa shape index (κ3) is 3.74. The fourth-order valence-electron chi connectivity index (χ4n) is 2.41. The van der Waals surface area contributed by atoms with Crippen molar-refractivity contribution in [2.45, 2.75) is 39.2 Å². The van der Waals surface area contributed by atoms with E-state index in [-0.39, 0.29) is 17.9 Å². The number of hydrogen-bond acceptors (Lipinski definition) is 3. The fraction of sp³-hybridized carbons (Fsp3) is 0.733. The lowest BCUT2D eigenvalue weighted by atomic mass is 9.81. The zero-order valence-corrected chi connectivity index (χ0v) is 12.6. The van der Waals surface area contributed by atoms with E-state index in [1.165, 1.54) is 5.57 Å². The highest BCUT2D eigenvalue weighted by Gasteiger charge is 2.38. The van der Waals surface area contributed by atoms with Crippen molar-refractivity contribution in [2.24, 2.45) is 11.8 Å². The van der Waals surface area contributed by atoms with Gasteiger partial charge in [-0.1, -0.05) is 12.2 Å². The first-order valence-electron chi connectivity index (χ1n) is 7.17. The molecule has 1 N–H and O–H groups in total. The minimum absolute atomic E-state index is 0.0438. The Kier molecular flexibility index (Phi) is 4.06. The molecule has 0 atom stereocenters. The Labute approximate surface area is 120 Å². The lowest BCUT2D eigenvalue weighted by Crippen LogP contribution is -2.57. The average Bonchev–Trinajstić information content (AvgIpc) is 2.17. The fourth-order valence-corrected chi connectivity index (χ4v) is 2.41. The standard InChI is InChI=1S/C15H24N2O3/c1-10-5-11(6-10)7-16-13(18)12-8-17(9-12)14(19)20-15(2,3)4/h11-12H,1,5-9H2,2-4H3,(H,16,18). The lowest BCUT2D eigenvalue weighted by Gasteiger charge is -2.39. The summed E-state index contributed by atoms with van der Waals surface area (Å²) in [5, 5.41) is 2.96. The maximum atomic E-state index is 11.9. The van der Waals surface area contributed by atoms with E-state index in [2.05, 4.69) is 11.9 Å². The van der Waals surface area contributed by atoms with Crippen LogP contribution >= 0.6 is 0 Å². The molecule has 5 heteroatoms. The smallest absolute Gasteiger partial charge is 0.410 e. The van der Waals surface area contributed by atoms with Crippen LogP contribution < -0.4 is 5.32 Å². The quantitative estimate of drug-likeness (QED) is 0.804. The van der Waals surface area contributed by atoms with Crippen molar-refractivity contribution in [3.05, 3.63) is 12.2 Å². The first-order valence-corrected chi connectivity index (χ1v) is 7.17. The lowest BCUT2D eigenvalue weighted by molar-refractivity contribution is -0.129. The predicted molar refractivity (Wildman–Crippen MR) is 76.2 cm³/mol. The number of nitrogens with zero attached hydrogens (tertiary/aromatic N) is 1. The Hall–Kier alpha value is -1.52. The van der Waals surface area contributed by atoms with E-state index in [1.807, 2.05) is 20.8 Å². The molecular weight excluding hydrogens is 256 g/mol. The van der Waals surface area contributed by atoms with Crippen LogP contribution in [0.5, 0.6) is 0 Å². The molecule has 1 saturated carbocycles. The second-order valence-corrected chi connectivity index (χ2v) is 6.85. The molecule has 1 aliphatic carbocycles. The highest BCUT2D eigenvalue weighted by molar-refractivity contribution is 5.82. The van der Waals surface area contributed by atoms with Gasteiger partial charge in [0.25, 0.3) is 0 Å². The highest BCUT2D eigenvalue weighted by atomic mass is 16.6. The summed E-state index contributed by atoms with van der Waals surface area (Å²) in [6, 6.07) is 0. The van der Waals surface area contributed by atoms with Gasteiger partial charge in [-0.25, -0.2) is 4.79 Å². The molecule has 2 rings (SSSR count). The van der Waals surface area contributed by atoms with Crippen LogP contribution in [0.4, 0.5) is 4.79 Å². The molecule has 1 aliphatic heterocycles. The third-order valence-electron chi connectivity index (χ3n) is 3.62. The molecule has 2 amide bonds. The van der Waals surface area contributed by atoms with E-state index in [4.69, 9.17) is 4.74 Å². The van der Waals surface area contributed by atoms with Gasteiger partial charge in [0.2, 0.25) is 5.91 Å². The van der Waals surface area contributed by atoms with Gasteiger partial charge in [0.05, 0.1) is 5.92 Å². The van der Waals surface area contributed by atoms with E-state index < -0.39 is 5.60 Å². The van der Waals surface area contributed by atoms with Gasteiger partial charge in [-0.15, -0.1) is 0 Å². The zero-order valence-electron chi connectivity index (χ0n) is 12.6. The van der Waals surface area contributed by atoms with Crippen LogP contribution in [0.3, 0.4) is 0 Å². The van der Waals surface area contributed by atoms with Crippen LogP contribution in [0.15, 0.2) is 12.2 Å². The van der Waals surface area contributed by atoms with Crippen molar-refractivity contribution in [2.75, 3.05) is 19.6 Å². The molecule has 0 bridgehead atoms. The zero-order chi connectivity index (χ0) is 14.9. The van der Waals surface area contributed by atoms with Gasteiger partial charge in [0, 0.05) is 19.6 Å². The molecular formula is C15H24N2O3. The summed E-state index contributed by atoms with van der Waals surface area (Å²) in [6.07, 6.45) is 1.71. The molecule has 0 aromatic heterocycles. The molecule has 0 unspecified atom stereocenters. The average molecular weight is 280 g/mol. The predicted octanol–water partition coefficient (Wildman–Crippen LogP) is 1.94. The monoisotopic (exact) mass is 280 g/mol. The summed E-state index contributed by atoms with van der Waals surface area (Å²) < 4.78 is 5.25. The molecule has 0 radical (unpaired) electrons. The Balaban J connectivity index is 1.64. The molecule has 1 heterocycles. The maximum absolute atomic E-state index is 11.9. The molecule has 0 aromatic rings. The van der Waals surface area contributed by atoms with Crippen molar-refractivity contribution in [1.29, 1.82) is 0 Å². The van der Waals surface area contributed by atoms with E-state index in [9.17, 15) is 9.59 Å². The number of carbonyl (C=O) groups excluding carboxylic acids is 2. The number of likely N-dealkylation sites (tertiary alicyclic amines) is 1. The Morgan fingerprint density at radius 3 is 2.45 bits per heavy atom. The van der Waals surface area contributed by atoms with Crippen molar-refractivity contribution in [1.82, 2.24) is 10.2 Å². The van der Waals surface area contributed by atoms with Crippen molar-refractivity contribution in [3.63, 3.8) is 0 Å². The van der Waals surface area contributed by atoms with E-state index in [0.29, 0.717) is 19.0 Å². The van der Waals surface area contributed by atoms with Gasteiger partial charge in [0.1, 0.15) is 5.60 Å². The van der Waals surface area contributed by atoms with Crippen LogP contribution in [-0.2, 0) is 9.53 Å². The van der Waals surface area contributed by atoms with Crippen LogP contribution in [0.2, 0.25) is 0 Å². The molecule has 1 saturated heterocycles. The molecule has 20 heavy (non-hydrogen) atoms. The van der Waals surface area contributed by atoms with E-state index in [0.717, 1.165) is 19.4 Å². The topological polar surface area (TPSA) is 58.6 Å². The molecule has 0 spiro atoms. The minimum atomic E-state index is -0.489. The second-order valence-electron chi connectivity index (χ2n) is 6.85. The summed E-state index contributed by atoms with van der Waals surface area (Å²) >= 11 is 0. The largest absolute Gasteiger partial charge is 0.444 e. The number of nitrogens with one attached hydrogen (secondary N) is 1. The summed E-state index contributed by atoms with van der Waals surface area (Å²) in [5.41, 5.74) is 0.779. The van der Waals surface area contributed by atoms with Crippen LogP contribution in [0.1, 0.15) is 33.6 Å². The normalized spacial score (nSPS) is 20.1. The Morgan fingerprint density at radius 1 is 1.35 bits per heavy atom. The van der Waals surface area contributed by atoms with Crippen molar-refractivity contribution >= 4 is 12.0 Å². The van der Waals surface area contributed by atoms with Gasteiger partial charge >= 0.3 is 6.09 Å². The third-order valence-corrected chi connectivity index (χ3v) is 3.62. The van der Waals surface area contributed by atoms with Gasteiger partial charge in [0.15, 0.2) is 0 Å². The number of ether oxygens (including phenoxy) is 1. The molecule has 5 nitrogen and oxygen atoms in total. The van der Waals surface area contributed by atoms with Crippen LogP contribution in [-0.4, -0.2) is 42.1 Å². The maximum Gasteiger partial charge on any atom is 0.410 e. The molecule has 2 fully saturated rings. The summed E-state index contributed by atoms with van der Waals surface area (Å²) in [6.45, 7) is 11.0. The van der Waals surface area contributed by atoms with Crippen LogP contribution in [0, 0.1) is 11.8 Å². The van der Waals surface area contributed by atoms with Gasteiger partial charge in [-0.05, 0) is 39.5 Å². The molecule has 2 aliphatic rings. The van der Waals surface area contributed by atoms with Gasteiger partial charge < -0.3 is 15.0 Å². The Morgan fingerprint density at radius 2 is 1.95 bits per heavy atom. The van der Waals surface area contributed by atoms with Gasteiger partial charge in [-0.2, -0.15) is 0 Å². The summed E-state index contributed by atoms with van der Waals surface area (Å²) in [4.78, 5) is 25.2. The number of rotatable bonds is 3. The molecule has 112 valence electrons. The van der Waals surface area contributed by atoms with E-state index in [1.54, 1.807) is 4.90 Å². The van der Waals surface area contributed by atoms with Crippen molar-refractivity contribution in [3.8, 4) is 0 Å². The minimum Gasteiger partial charge on any atom is -0.444 e. The summed E-state index contributed by atoms with van der Waals surface area (Å²) in [5.74, 6) is 0.501. The second kappa shape index (κ2) is 5.46. The molecule has 0 aromatic carbocycles. The van der Waals surface area contributed by atoms with E-state index >= 15 is 0 Å². The number of carbonyl (C=O) groups is 2. The number of allylic oxidation sites excluding steroid dienone is 1. The van der Waals surface area contributed by atoms with Crippen LogP contribution in [0.25, 0.3) is 0 Å². The highest BCUT2D eigenvalue weighted by Crippen LogP contribution is 2.30.